The Balaban J connectivity index is 1.63. The maximum absolute atomic E-state index is 13.5. The summed E-state index contributed by atoms with van der Waals surface area (Å²) in [6.45, 7) is 10.0. The summed E-state index contributed by atoms with van der Waals surface area (Å²) in [6, 6.07) is 3.28. The standard InChI is InChI=1S/C26H31NO5S2/c1-14-18(16-8-6-9-17(16)19-13-22(24(29)30)34-15(19)2)12-21(33-14)23(28)20-10-7-11-27(20)25(31)32-26(3,4)5/h12-13,20H,6-11H2,1-5H3,(H,29,30)/t20-/m0/s1. The van der Waals surface area contributed by atoms with Crippen LogP contribution in [-0.2, 0) is 4.74 Å². The van der Waals surface area contributed by atoms with Gasteiger partial charge in [-0.1, -0.05) is 0 Å². The minimum atomic E-state index is -0.898. The van der Waals surface area contributed by atoms with Crippen LogP contribution in [0, 0.1) is 13.8 Å². The van der Waals surface area contributed by atoms with Gasteiger partial charge in [0.05, 0.1) is 10.9 Å². The summed E-state index contributed by atoms with van der Waals surface area (Å²) in [5.74, 6) is -0.923. The third kappa shape index (κ3) is 4.84. The SMILES string of the molecule is Cc1sc(C(=O)O)cc1C1=C(c2cc(C(=O)[C@@H]3CCCN3C(=O)OC(C)(C)C)sc2C)CCC1. The fourth-order valence-electron chi connectivity index (χ4n) is 4.87. The monoisotopic (exact) mass is 501 g/mol. The number of allylic oxidation sites excluding steroid dienone is 2. The first kappa shape index (κ1) is 24.7. The number of hydrogen-bond acceptors (Lipinski definition) is 6. The Morgan fingerprint density at radius 3 is 2.06 bits per heavy atom. The highest BCUT2D eigenvalue weighted by Gasteiger charge is 2.38. The first-order chi connectivity index (χ1) is 16.0. The predicted molar refractivity (Wildman–Crippen MR) is 136 cm³/mol. The van der Waals surface area contributed by atoms with Gasteiger partial charge in [0, 0.05) is 16.3 Å². The van der Waals surface area contributed by atoms with E-state index in [1.807, 2.05) is 40.7 Å². The summed E-state index contributed by atoms with van der Waals surface area (Å²) < 4.78 is 5.53. The van der Waals surface area contributed by atoms with Crippen molar-refractivity contribution in [2.24, 2.45) is 0 Å². The van der Waals surface area contributed by atoms with Crippen molar-refractivity contribution >= 4 is 51.7 Å². The van der Waals surface area contributed by atoms with E-state index in [1.165, 1.54) is 33.8 Å². The minimum absolute atomic E-state index is 0.0252. The Morgan fingerprint density at radius 2 is 1.53 bits per heavy atom. The molecular formula is C26H31NO5S2. The number of aryl methyl sites for hydroxylation is 2. The zero-order valence-electron chi connectivity index (χ0n) is 20.3. The molecule has 3 heterocycles. The molecule has 4 rings (SSSR count). The summed E-state index contributed by atoms with van der Waals surface area (Å²) in [5.41, 5.74) is 3.88. The fraction of sp³-hybridized carbons (Fsp3) is 0.500. The number of aromatic carboxylic acids is 1. The van der Waals surface area contributed by atoms with Gasteiger partial charge in [-0.3, -0.25) is 9.69 Å². The topological polar surface area (TPSA) is 83.9 Å². The van der Waals surface area contributed by atoms with E-state index in [4.69, 9.17) is 4.74 Å². The van der Waals surface area contributed by atoms with Gasteiger partial charge in [-0.15, -0.1) is 22.7 Å². The van der Waals surface area contributed by atoms with Crippen LogP contribution in [0.25, 0.3) is 11.1 Å². The summed E-state index contributed by atoms with van der Waals surface area (Å²) in [6.07, 6.45) is 3.82. The fourth-order valence-corrected chi connectivity index (χ4v) is 6.79. The van der Waals surface area contributed by atoms with Crippen molar-refractivity contribution in [2.75, 3.05) is 6.54 Å². The zero-order valence-corrected chi connectivity index (χ0v) is 22.0. The average Bonchev–Trinajstić information content (AvgIpc) is 3.51. The Morgan fingerprint density at radius 1 is 0.971 bits per heavy atom. The van der Waals surface area contributed by atoms with Crippen LogP contribution in [0.15, 0.2) is 12.1 Å². The second-order valence-corrected chi connectivity index (χ2v) is 12.5. The van der Waals surface area contributed by atoms with Crippen molar-refractivity contribution < 1.29 is 24.2 Å². The van der Waals surface area contributed by atoms with Gasteiger partial charge in [-0.25, -0.2) is 9.59 Å². The van der Waals surface area contributed by atoms with Crippen LogP contribution in [0.5, 0.6) is 0 Å². The number of rotatable bonds is 5. The van der Waals surface area contributed by atoms with Gasteiger partial charge in [0.2, 0.25) is 0 Å². The Hall–Kier alpha value is -2.45. The molecule has 1 aliphatic heterocycles. The van der Waals surface area contributed by atoms with Crippen molar-refractivity contribution in [1.82, 2.24) is 4.90 Å². The minimum Gasteiger partial charge on any atom is -0.477 e. The van der Waals surface area contributed by atoms with Crippen molar-refractivity contribution in [3.05, 3.63) is 42.8 Å². The Kier molecular flexibility index (Phi) is 6.75. The molecule has 1 aliphatic carbocycles. The van der Waals surface area contributed by atoms with Crippen molar-refractivity contribution in [2.45, 2.75) is 78.4 Å². The second kappa shape index (κ2) is 9.30. The number of ketones is 1. The lowest BCUT2D eigenvalue weighted by atomic mass is 9.97. The molecule has 1 fully saturated rings. The van der Waals surface area contributed by atoms with Crippen molar-refractivity contribution in [1.29, 1.82) is 0 Å². The van der Waals surface area contributed by atoms with Crippen LogP contribution < -0.4 is 0 Å². The third-order valence-electron chi connectivity index (χ3n) is 6.34. The first-order valence-corrected chi connectivity index (χ1v) is 13.3. The molecule has 0 saturated carbocycles. The van der Waals surface area contributed by atoms with E-state index in [2.05, 4.69) is 0 Å². The molecule has 34 heavy (non-hydrogen) atoms. The van der Waals surface area contributed by atoms with Crippen molar-refractivity contribution in [3.63, 3.8) is 0 Å². The molecule has 1 amide bonds. The highest BCUT2D eigenvalue weighted by atomic mass is 32.1. The summed E-state index contributed by atoms with van der Waals surface area (Å²) in [4.78, 5) is 42.3. The van der Waals surface area contributed by atoms with Gasteiger partial charge in [-0.05, 0) is 101 Å². The van der Waals surface area contributed by atoms with Crippen LogP contribution in [0.4, 0.5) is 4.79 Å². The quantitative estimate of drug-likeness (QED) is 0.455. The van der Waals surface area contributed by atoms with E-state index in [0.717, 1.165) is 46.6 Å². The molecule has 1 N–H and O–H groups in total. The second-order valence-electron chi connectivity index (χ2n) is 9.97. The molecule has 2 aliphatic rings. The van der Waals surface area contributed by atoms with Gasteiger partial charge in [0.25, 0.3) is 0 Å². The van der Waals surface area contributed by atoms with Gasteiger partial charge in [-0.2, -0.15) is 0 Å². The molecule has 1 atom stereocenters. The molecule has 0 unspecified atom stereocenters. The molecule has 1 saturated heterocycles. The number of thiophene rings is 2. The number of carboxylic acids is 1. The average molecular weight is 502 g/mol. The molecule has 182 valence electrons. The maximum Gasteiger partial charge on any atom is 0.410 e. The summed E-state index contributed by atoms with van der Waals surface area (Å²) >= 11 is 2.79. The third-order valence-corrected chi connectivity index (χ3v) is 8.44. The van der Waals surface area contributed by atoms with Gasteiger partial charge < -0.3 is 9.84 Å². The predicted octanol–water partition coefficient (Wildman–Crippen LogP) is 6.80. The molecule has 8 heteroatoms. The number of carboxylic acid groups (broad SMARTS) is 1. The van der Waals surface area contributed by atoms with Crippen LogP contribution >= 0.6 is 22.7 Å². The number of Topliss-reactive ketones (excluding diaryl/α,β-unsaturated/α-hetero) is 1. The van der Waals surface area contributed by atoms with E-state index in [9.17, 15) is 19.5 Å². The van der Waals surface area contributed by atoms with Gasteiger partial charge in [0.1, 0.15) is 10.5 Å². The van der Waals surface area contributed by atoms with E-state index in [0.29, 0.717) is 22.7 Å². The normalized spacial score (nSPS) is 18.6. The van der Waals surface area contributed by atoms with Gasteiger partial charge in [0.15, 0.2) is 5.78 Å². The van der Waals surface area contributed by atoms with Crippen LogP contribution in [0.2, 0.25) is 0 Å². The summed E-state index contributed by atoms with van der Waals surface area (Å²) in [5, 5.41) is 9.41. The molecule has 0 aromatic carbocycles. The van der Waals surface area contributed by atoms with Crippen LogP contribution in [0.3, 0.4) is 0 Å². The Bertz CT molecular complexity index is 1180. The number of ether oxygens (including phenoxy) is 1. The largest absolute Gasteiger partial charge is 0.477 e. The smallest absolute Gasteiger partial charge is 0.410 e. The lowest BCUT2D eigenvalue weighted by Crippen LogP contribution is -2.43. The van der Waals surface area contributed by atoms with E-state index in [-0.39, 0.29) is 5.78 Å². The molecule has 0 bridgehead atoms. The molecule has 0 radical (unpaired) electrons. The first-order valence-electron chi connectivity index (χ1n) is 11.7. The number of carbonyl (C=O) groups is 3. The van der Waals surface area contributed by atoms with E-state index in [1.54, 1.807) is 11.0 Å². The highest BCUT2D eigenvalue weighted by molar-refractivity contribution is 7.14. The summed E-state index contributed by atoms with van der Waals surface area (Å²) in [7, 11) is 0. The van der Waals surface area contributed by atoms with E-state index >= 15 is 0 Å². The lowest BCUT2D eigenvalue weighted by molar-refractivity contribution is 0.0223. The van der Waals surface area contributed by atoms with Crippen LogP contribution in [0.1, 0.15) is 93.1 Å². The number of nitrogens with zero attached hydrogens (tertiary/aromatic N) is 1. The molecule has 6 nitrogen and oxygen atoms in total. The van der Waals surface area contributed by atoms with E-state index < -0.39 is 23.7 Å². The zero-order chi connectivity index (χ0) is 24.8. The molecule has 2 aromatic heterocycles. The van der Waals surface area contributed by atoms with Crippen molar-refractivity contribution in [3.8, 4) is 0 Å². The number of carbonyl (C=O) groups excluding carboxylic acids is 2. The lowest BCUT2D eigenvalue weighted by Gasteiger charge is -2.27. The highest BCUT2D eigenvalue weighted by Crippen LogP contribution is 2.45. The number of hydrogen-bond donors (Lipinski definition) is 1. The Labute approximate surface area is 208 Å². The van der Waals surface area contributed by atoms with Crippen LogP contribution in [-0.4, -0.2) is 46.0 Å². The maximum atomic E-state index is 13.5. The molecular weight excluding hydrogens is 470 g/mol. The number of likely N-dealkylation sites (tertiary alicyclic amines) is 1. The van der Waals surface area contributed by atoms with Gasteiger partial charge >= 0.3 is 12.1 Å². The molecule has 0 spiro atoms. The molecule has 2 aromatic rings. The number of amides is 1.